The molecule has 0 spiro atoms. The van der Waals surface area contributed by atoms with Crippen molar-refractivity contribution in [2.75, 3.05) is 13.1 Å². The second kappa shape index (κ2) is 18.3. The summed E-state index contributed by atoms with van der Waals surface area (Å²) >= 11 is 0. The highest BCUT2D eigenvalue weighted by Crippen LogP contribution is 2.20. The highest BCUT2D eigenvalue weighted by Gasteiger charge is 2.38. The molecule has 0 bridgehead atoms. The number of nitrogens with one attached hydrogen (secondary N) is 3. The minimum absolute atomic E-state index is 0.0478. The van der Waals surface area contributed by atoms with Crippen molar-refractivity contribution in [3.8, 4) is 0 Å². The second-order valence-corrected chi connectivity index (χ2v) is 11.9. The van der Waals surface area contributed by atoms with Crippen LogP contribution in [0.4, 0.5) is 0 Å². The Morgan fingerprint density at radius 1 is 0.857 bits per heavy atom. The Labute approximate surface area is 248 Å². The fourth-order valence-electron chi connectivity index (χ4n) is 4.95. The van der Waals surface area contributed by atoms with E-state index in [1.54, 1.807) is 0 Å². The van der Waals surface area contributed by atoms with Crippen LogP contribution in [0.2, 0.25) is 0 Å². The molecule has 0 radical (unpaired) electrons. The number of carboxylic acid groups (broad SMARTS) is 1. The van der Waals surface area contributed by atoms with E-state index in [4.69, 9.17) is 17.2 Å². The first-order chi connectivity index (χ1) is 19.7. The summed E-state index contributed by atoms with van der Waals surface area (Å²) in [5.74, 6) is -4.06. The average Bonchev–Trinajstić information content (AvgIpc) is 3.38. The number of carbonyl (C=O) groups excluding carboxylic acids is 5. The maximum absolute atomic E-state index is 13.4. The lowest BCUT2D eigenvalue weighted by Gasteiger charge is -2.29. The molecule has 1 fully saturated rings. The zero-order valence-corrected chi connectivity index (χ0v) is 25.4. The second-order valence-electron chi connectivity index (χ2n) is 11.9. The first kappa shape index (κ1) is 36.8. The molecule has 5 atom stereocenters. The van der Waals surface area contributed by atoms with Gasteiger partial charge in [0.15, 0.2) is 0 Å². The van der Waals surface area contributed by atoms with Gasteiger partial charge < -0.3 is 43.2 Å². The first-order valence-electron chi connectivity index (χ1n) is 14.9. The van der Waals surface area contributed by atoms with Gasteiger partial charge in [-0.3, -0.25) is 24.0 Å². The number of likely N-dealkylation sites (tertiary alicyclic amines) is 1. The molecule has 0 aromatic heterocycles. The average molecular weight is 598 g/mol. The molecule has 0 unspecified atom stereocenters. The summed E-state index contributed by atoms with van der Waals surface area (Å²) < 4.78 is 0. The largest absolute Gasteiger partial charge is 0.480 e. The van der Waals surface area contributed by atoms with Gasteiger partial charge in [0.25, 0.3) is 0 Å². The summed E-state index contributed by atoms with van der Waals surface area (Å²) in [6.45, 7) is 8.31. The summed E-state index contributed by atoms with van der Waals surface area (Å²) in [5, 5.41) is 17.3. The summed E-state index contributed by atoms with van der Waals surface area (Å²) in [5.41, 5.74) is 16.9. The highest BCUT2D eigenvalue weighted by molar-refractivity contribution is 5.95. The number of hydrogen-bond acceptors (Lipinski definition) is 8. The third-order valence-corrected chi connectivity index (χ3v) is 7.10. The summed E-state index contributed by atoms with van der Waals surface area (Å²) in [4.78, 5) is 77.4. The lowest BCUT2D eigenvalue weighted by Crippen LogP contribution is -2.58. The zero-order chi connectivity index (χ0) is 32.0. The van der Waals surface area contributed by atoms with Crippen LogP contribution in [0.1, 0.15) is 85.5 Å². The number of primary amides is 1. The smallest absolute Gasteiger partial charge is 0.326 e. The third-order valence-electron chi connectivity index (χ3n) is 7.10. The maximum Gasteiger partial charge on any atom is 0.326 e. The Bertz CT molecular complexity index is 944. The Balaban J connectivity index is 3.07. The van der Waals surface area contributed by atoms with Crippen LogP contribution in [-0.4, -0.2) is 88.8 Å². The number of unbranched alkanes of at least 4 members (excludes halogenated alkanes) is 1. The van der Waals surface area contributed by atoms with E-state index in [0.29, 0.717) is 45.2 Å². The number of aliphatic carboxylic acids is 1. The number of carboxylic acids is 1. The quantitative estimate of drug-likeness (QED) is 0.0933. The molecule has 1 aliphatic heterocycles. The lowest BCUT2D eigenvalue weighted by molar-refractivity contribution is -0.142. The zero-order valence-electron chi connectivity index (χ0n) is 25.4. The molecule has 1 heterocycles. The van der Waals surface area contributed by atoms with Gasteiger partial charge in [0.2, 0.25) is 29.5 Å². The van der Waals surface area contributed by atoms with Gasteiger partial charge in [0.1, 0.15) is 24.2 Å². The molecular weight excluding hydrogens is 546 g/mol. The molecule has 14 nitrogen and oxygen atoms in total. The Kier molecular flexibility index (Phi) is 16.0. The van der Waals surface area contributed by atoms with E-state index in [0.717, 1.165) is 0 Å². The predicted octanol–water partition coefficient (Wildman–Crippen LogP) is -0.670. The van der Waals surface area contributed by atoms with Gasteiger partial charge in [-0.25, -0.2) is 4.79 Å². The molecule has 1 aliphatic rings. The van der Waals surface area contributed by atoms with Crippen LogP contribution in [0.3, 0.4) is 0 Å². The van der Waals surface area contributed by atoms with Crippen molar-refractivity contribution in [1.29, 1.82) is 0 Å². The number of rotatable bonds is 19. The Morgan fingerprint density at radius 3 is 2.00 bits per heavy atom. The van der Waals surface area contributed by atoms with Gasteiger partial charge >= 0.3 is 5.97 Å². The van der Waals surface area contributed by atoms with E-state index in [1.165, 1.54) is 4.90 Å². The van der Waals surface area contributed by atoms with Crippen LogP contribution in [0.5, 0.6) is 0 Å². The first-order valence-corrected chi connectivity index (χ1v) is 14.9. The minimum Gasteiger partial charge on any atom is -0.480 e. The molecule has 5 amide bonds. The van der Waals surface area contributed by atoms with Crippen LogP contribution in [-0.2, 0) is 28.8 Å². The molecule has 0 aromatic carbocycles. The van der Waals surface area contributed by atoms with Gasteiger partial charge in [-0.2, -0.15) is 0 Å². The molecule has 1 rings (SSSR count). The highest BCUT2D eigenvalue weighted by atomic mass is 16.4. The van der Waals surface area contributed by atoms with E-state index >= 15 is 0 Å². The number of nitrogens with zero attached hydrogens (tertiary/aromatic N) is 1. The van der Waals surface area contributed by atoms with Gasteiger partial charge in [0, 0.05) is 13.0 Å². The van der Waals surface area contributed by atoms with Crippen LogP contribution in [0.25, 0.3) is 0 Å². The summed E-state index contributed by atoms with van der Waals surface area (Å²) in [6, 6.07) is -5.07. The predicted molar refractivity (Wildman–Crippen MR) is 156 cm³/mol. The third kappa shape index (κ3) is 12.7. The lowest BCUT2D eigenvalue weighted by atomic mass is 10.0. The van der Waals surface area contributed by atoms with Crippen LogP contribution in [0, 0.1) is 11.8 Å². The van der Waals surface area contributed by atoms with Crippen molar-refractivity contribution in [2.24, 2.45) is 29.0 Å². The molecule has 0 aliphatic carbocycles. The van der Waals surface area contributed by atoms with Crippen molar-refractivity contribution >= 4 is 35.5 Å². The molecule has 10 N–H and O–H groups in total. The number of carbonyl (C=O) groups is 6. The fraction of sp³-hybridized carbons (Fsp3) is 0.786. The van der Waals surface area contributed by atoms with Gasteiger partial charge in [-0.1, -0.05) is 27.7 Å². The fourth-order valence-corrected chi connectivity index (χ4v) is 4.95. The minimum atomic E-state index is -1.23. The molecule has 240 valence electrons. The van der Waals surface area contributed by atoms with E-state index < -0.39 is 59.8 Å². The van der Waals surface area contributed by atoms with Crippen LogP contribution in [0.15, 0.2) is 0 Å². The van der Waals surface area contributed by atoms with E-state index in [1.807, 2.05) is 27.7 Å². The molecule has 14 heteroatoms. The van der Waals surface area contributed by atoms with Gasteiger partial charge in [-0.15, -0.1) is 0 Å². The van der Waals surface area contributed by atoms with Crippen molar-refractivity contribution in [2.45, 2.75) is 116 Å². The van der Waals surface area contributed by atoms with Crippen molar-refractivity contribution in [1.82, 2.24) is 20.9 Å². The van der Waals surface area contributed by atoms with E-state index in [-0.39, 0.29) is 43.4 Å². The van der Waals surface area contributed by atoms with E-state index in [2.05, 4.69) is 16.0 Å². The monoisotopic (exact) mass is 597 g/mol. The van der Waals surface area contributed by atoms with E-state index in [9.17, 15) is 33.9 Å². The molecule has 0 aromatic rings. The summed E-state index contributed by atoms with van der Waals surface area (Å²) in [6.07, 6.45) is 2.55. The summed E-state index contributed by atoms with van der Waals surface area (Å²) in [7, 11) is 0. The van der Waals surface area contributed by atoms with Gasteiger partial charge in [0.05, 0.1) is 6.04 Å². The Morgan fingerprint density at radius 2 is 1.45 bits per heavy atom. The molecule has 0 saturated carbocycles. The molecule has 1 saturated heterocycles. The van der Waals surface area contributed by atoms with Crippen LogP contribution >= 0.6 is 0 Å². The van der Waals surface area contributed by atoms with Crippen LogP contribution < -0.4 is 33.2 Å². The maximum atomic E-state index is 13.4. The van der Waals surface area contributed by atoms with Crippen molar-refractivity contribution in [3.05, 3.63) is 0 Å². The van der Waals surface area contributed by atoms with Gasteiger partial charge in [-0.05, 0) is 69.7 Å². The topological polar surface area (TPSA) is 240 Å². The van der Waals surface area contributed by atoms with Crippen molar-refractivity contribution in [3.63, 3.8) is 0 Å². The molecule has 42 heavy (non-hydrogen) atoms. The van der Waals surface area contributed by atoms with Crippen molar-refractivity contribution < 1.29 is 33.9 Å². The SMILES string of the molecule is CC(C)C[C@H](NC(=O)[C@H](CCC(N)=O)NC(=O)[C@@H]1CCCN1C(=O)[C@@H](N)CC(C)C)C(=O)N[C@@H](CCCCN)C(=O)O. The molecular formula is C28H51N7O7. The number of nitrogens with two attached hydrogens (primary N) is 3. The number of hydrogen-bond donors (Lipinski definition) is 7. The Hall–Kier alpha value is -3.26. The normalized spacial score (nSPS) is 17.8. The standard InChI is InChI=1S/C28H51N7O7/c1-16(2)14-18(30)27(40)35-13-7-9-22(35)26(39)32-19(10-11-23(31)36)24(37)34-21(15-17(3)4)25(38)33-20(28(41)42)8-5-6-12-29/h16-22H,5-15,29-30H2,1-4H3,(H2,31,36)(H,32,39)(H,33,38)(H,34,37)(H,41,42)/t18-,19-,20-,21-,22-/m0/s1. The number of amides is 5.